The van der Waals surface area contributed by atoms with Crippen molar-refractivity contribution in [3.63, 3.8) is 0 Å². The lowest BCUT2D eigenvalue weighted by molar-refractivity contribution is 0.132. The molecule has 2 atom stereocenters. The molecule has 0 bridgehead atoms. The van der Waals surface area contributed by atoms with E-state index in [9.17, 15) is 0 Å². The fraction of sp³-hybridized carbons (Fsp3) is 0.353. The predicted octanol–water partition coefficient (Wildman–Crippen LogP) is 8.53. The van der Waals surface area contributed by atoms with Crippen LogP contribution in [0, 0.1) is 25.7 Å². The first-order chi connectivity index (χ1) is 17.0. The van der Waals surface area contributed by atoms with Crippen LogP contribution in [0.25, 0.3) is 5.57 Å². The molecular formula is C34H40O. The van der Waals surface area contributed by atoms with E-state index in [1.165, 1.54) is 39.0 Å². The van der Waals surface area contributed by atoms with Gasteiger partial charge in [0, 0.05) is 13.2 Å². The Hall–Kier alpha value is -2.90. The van der Waals surface area contributed by atoms with Crippen molar-refractivity contribution < 1.29 is 4.74 Å². The highest BCUT2D eigenvalue weighted by Gasteiger charge is 2.32. The normalized spacial score (nSPS) is 19.2. The van der Waals surface area contributed by atoms with Crippen LogP contribution in [0.3, 0.4) is 0 Å². The van der Waals surface area contributed by atoms with Gasteiger partial charge in [-0.25, -0.2) is 0 Å². The van der Waals surface area contributed by atoms with Crippen LogP contribution in [-0.4, -0.2) is 13.2 Å². The Bertz CT molecular complexity index is 1170. The fourth-order valence-electron chi connectivity index (χ4n) is 5.34. The number of benzene rings is 2. The number of ether oxygens (including phenoxy) is 1. The zero-order chi connectivity index (χ0) is 24.8. The van der Waals surface area contributed by atoms with E-state index in [1.54, 1.807) is 0 Å². The summed E-state index contributed by atoms with van der Waals surface area (Å²) in [6.07, 6.45) is 14.6. The Kier molecular flexibility index (Phi) is 8.42. The van der Waals surface area contributed by atoms with Crippen molar-refractivity contribution in [3.05, 3.63) is 124 Å². The molecule has 35 heavy (non-hydrogen) atoms. The Balaban J connectivity index is 1.57. The summed E-state index contributed by atoms with van der Waals surface area (Å²) in [5.41, 5.74) is 11.4. The third-order valence-electron chi connectivity index (χ3n) is 7.52. The molecule has 0 heterocycles. The molecule has 0 aliphatic heterocycles. The van der Waals surface area contributed by atoms with Gasteiger partial charge in [0.05, 0.1) is 0 Å². The SMILES string of the molecule is C=C1C(C(=C)c2ccc(C)c(C)c2)=CC(Cc2cccc(CCCOCCC)c2)C2CC=CC=C12. The van der Waals surface area contributed by atoms with E-state index in [1.807, 2.05) is 0 Å². The van der Waals surface area contributed by atoms with Gasteiger partial charge in [-0.3, -0.25) is 0 Å². The van der Waals surface area contributed by atoms with Crippen LogP contribution < -0.4 is 0 Å². The van der Waals surface area contributed by atoms with Gasteiger partial charge in [-0.2, -0.15) is 0 Å². The highest BCUT2D eigenvalue weighted by Crippen LogP contribution is 2.45. The predicted molar refractivity (Wildman–Crippen MR) is 151 cm³/mol. The highest BCUT2D eigenvalue weighted by molar-refractivity contribution is 5.85. The molecule has 1 nitrogen and oxygen atoms in total. The van der Waals surface area contributed by atoms with Crippen LogP contribution in [0.4, 0.5) is 0 Å². The zero-order valence-electron chi connectivity index (χ0n) is 21.8. The Labute approximate surface area is 212 Å². The molecular weight excluding hydrogens is 424 g/mol. The smallest absolute Gasteiger partial charge is 0.0469 e. The summed E-state index contributed by atoms with van der Waals surface area (Å²) < 4.78 is 5.67. The van der Waals surface area contributed by atoms with Gasteiger partial charge in [0.1, 0.15) is 0 Å². The van der Waals surface area contributed by atoms with Gasteiger partial charge in [-0.1, -0.05) is 86.9 Å². The van der Waals surface area contributed by atoms with Gasteiger partial charge in [0.2, 0.25) is 0 Å². The molecule has 2 unspecified atom stereocenters. The van der Waals surface area contributed by atoms with Gasteiger partial charge in [0.15, 0.2) is 0 Å². The second kappa shape index (κ2) is 11.7. The van der Waals surface area contributed by atoms with Crippen molar-refractivity contribution in [1.82, 2.24) is 0 Å². The van der Waals surface area contributed by atoms with Crippen LogP contribution in [0.5, 0.6) is 0 Å². The van der Waals surface area contributed by atoms with E-state index in [0.29, 0.717) is 11.8 Å². The summed E-state index contributed by atoms with van der Waals surface area (Å²) in [5.74, 6) is 0.910. The molecule has 0 saturated heterocycles. The minimum Gasteiger partial charge on any atom is -0.381 e. The number of aryl methyl sites for hydroxylation is 3. The largest absolute Gasteiger partial charge is 0.381 e. The molecule has 0 radical (unpaired) electrons. The van der Waals surface area contributed by atoms with Gasteiger partial charge in [0.25, 0.3) is 0 Å². The summed E-state index contributed by atoms with van der Waals surface area (Å²) >= 11 is 0. The van der Waals surface area contributed by atoms with Crippen molar-refractivity contribution >= 4 is 5.57 Å². The van der Waals surface area contributed by atoms with Crippen molar-refractivity contribution in [2.24, 2.45) is 11.8 Å². The first-order valence-electron chi connectivity index (χ1n) is 13.2. The third kappa shape index (κ3) is 6.03. The molecule has 2 aliphatic rings. The van der Waals surface area contributed by atoms with Crippen molar-refractivity contribution in [3.8, 4) is 0 Å². The molecule has 0 saturated carbocycles. The van der Waals surface area contributed by atoms with E-state index >= 15 is 0 Å². The van der Waals surface area contributed by atoms with Crippen molar-refractivity contribution in [1.29, 1.82) is 0 Å². The maximum absolute atomic E-state index is 5.67. The molecule has 182 valence electrons. The van der Waals surface area contributed by atoms with Crippen molar-refractivity contribution in [2.45, 2.75) is 52.9 Å². The molecule has 0 amide bonds. The standard InChI is InChI=1S/C34H40O/c1-6-18-35-19-10-13-28-11-9-12-29(21-28)22-31-23-34(27(5)32-14-7-8-15-33(31)32)26(4)30-17-16-24(2)25(3)20-30/h7-9,11-12,14,16-17,20-21,23,31,33H,4-6,10,13,15,18-19,22H2,1-3H3. The van der Waals surface area contributed by atoms with Crippen LogP contribution in [0.15, 0.2) is 96.6 Å². The van der Waals surface area contributed by atoms with Crippen LogP contribution >= 0.6 is 0 Å². The molecule has 0 aromatic heterocycles. The fourth-order valence-corrected chi connectivity index (χ4v) is 5.34. The first kappa shape index (κ1) is 25.2. The van der Waals surface area contributed by atoms with Gasteiger partial charge in [-0.05, 0) is 108 Å². The zero-order valence-corrected chi connectivity index (χ0v) is 21.8. The van der Waals surface area contributed by atoms with E-state index < -0.39 is 0 Å². The van der Waals surface area contributed by atoms with Gasteiger partial charge < -0.3 is 4.74 Å². The number of allylic oxidation sites excluding steroid dienone is 8. The molecule has 2 aromatic rings. The number of hydrogen-bond acceptors (Lipinski definition) is 1. The van der Waals surface area contributed by atoms with Crippen LogP contribution in [0.2, 0.25) is 0 Å². The lowest BCUT2D eigenvalue weighted by Gasteiger charge is -2.36. The molecule has 1 heteroatoms. The second-order valence-corrected chi connectivity index (χ2v) is 10.1. The summed E-state index contributed by atoms with van der Waals surface area (Å²) in [6.45, 7) is 17.3. The molecule has 2 aliphatic carbocycles. The van der Waals surface area contributed by atoms with Crippen LogP contribution in [0.1, 0.15) is 54.0 Å². The Morgan fingerprint density at radius 3 is 2.66 bits per heavy atom. The van der Waals surface area contributed by atoms with Gasteiger partial charge >= 0.3 is 0 Å². The topological polar surface area (TPSA) is 9.23 Å². The van der Waals surface area contributed by atoms with E-state index in [2.05, 4.69) is 101 Å². The average molecular weight is 465 g/mol. The Morgan fingerprint density at radius 1 is 1.03 bits per heavy atom. The lowest BCUT2D eigenvalue weighted by atomic mass is 9.68. The summed E-state index contributed by atoms with van der Waals surface area (Å²) in [6, 6.07) is 15.8. The lowest BCUT2D eigenvalue weighted by Crippen LogP contribution is -2.25. The van der Waals surface area contributed by atoms with Crippen molar-refractivity contribution in [2.75, 3.05) is 13.2 Å². The van der Waals surface area contributed by atoms with Gasteiger partial charge in [-0.15, -0.1) is 0 Å². The van der Waals surface area contributed by atoms with E-state index in [0.717, 1.165) is 56.5 Å². The molecule has 0 N–H and O–H groups in total. The molecule has 2 aromatic carbocycles. The summed E-state index contributed by atoms with van der Waals surface area (Å²) in [4.78, 5) is 0. The quantitative estimate of drug-likeness (QED) is 0.320. The average Bonchev–Trinajstić information content (AvgIpc) is 2.87. The molecule has 0 fully saturated rings. The first-order valence-corrected chi connectivity index (χ1v) is 13.2. The minimum atomic E-state index is 0.429. The van der Waals surface area contributed by atoms with Crippen LogP contribution in [-0.2, 0) is 17.6 Å². The van der Waals surface area contributed by atoms with E-state index in [4.69, 9.17) is 4.74 Å². The van der Waals surface area contributed by atoms with E-state index in [-0.39, 0.29) is 0 Å². The summed E-state index contributed by atoms with van der Waals surface area (Å²) in [5, 5.41) is 0. The highest BCUT2D eigenvalue weighted by atomic mass is 16.5. The monoisotopic (exact) mass is 464 g/mol. The minimum absolute atomic E-state index is 0.429. The molecule has 4 rings (SSSR count). The third-order valence-corrected chi connectivity index (χ3v) is 7.52. The number of rotatable bonds is 10. The Morgan fingerprint density at radius 2 is 1.86 bits per heavy atom. The second-order valence-electron chi connectivity index (χ2n) is 10.1. The number of fused-ring (bicyclic) bond motifs is 1. The maximum Gasteiger partial charge on any atom is 0.0469 e. The summed E-state index contributed by atoms with van der Waals surface area (Å²) in [7, 11) is 0. The number of hydrogen-bond donors (Lipinski definition) is 0. The molecule has 0 spiro atoms. The maximum atomic E-state index is 5.67.